The quantitative estimate of drug-likeness (QED) is 0.781. The van der Waals surface area contributed by atoms with Crippen molar-refractivity contribution in [3.8, 4) is 11.8 Å². The molecule has 0 radical (unpaired) electrons. The number of amides is 1. The van der Waals surface area contributed by atoms with E-state index in [1.807, 2.05) is 36.9 Å². The SMILES string of the molecule is Cc1ccc(C#CCN)cc1C(=O)N1CCOC(C)C1. The fourth-order valence-corrected chi connectivity index (χ4v) is 2.26. The van der Waals surface area contributed by atoms with E-state index in [1.165, 1.54) is 0 Å². The van der Waals surface area contributed by atoms with Gasteiger partial charge in [-0.05, 0) is 31.5 Å². The van der Waals surface area contributed by atoms with E-state index in [9.17, 15) is 4.79 Å². The molecule has 1 fully saturated rings. The van der Waals surface area contributed by atoms with Gasteiger partial charge in [0.1, 0.15) is 0 Å². The molecular formula is C16H20N2O2. The van der Waals surface area contributed by atoms with Gasteiger partial charge in [0, 0.05) is 24.2 Å². The van der Waals surface area contributed by atoms with Crippen LogP contribution in [0, 0.1) is 18.8 Å². The van der Waals surface area contributed by atoms with E-state index in [1.54, 1.807) is 0 Å². The topological polar surface area (TPSA) is 55.6 Å². The predicted octanol–water partition coefficient (Wildman–Crippen LogP) is 1.17. The molecule has 0 spiro atoms. The Morgan fingerprint density at radius 1 is 1.55 bits per heavy atom. The van der Waals surface area contributed by atoms with Gasteiger partial charge < -0.3 is 15.4 Å². The molecule has 1 aliphatic heterocycles. The van der Waals surface area contributed by atoms with Crippen LogP contribution in [0.2, 0.25) is 0 Å². The van der Waals surface area contributed by atoms with E-state index in [4.69, 9.17) is 10.5 Å². The van der Waals surface area contributed by atoms with Crippen LogP contribution in [0.15, 0.2) is 18.2 Å². The Bertz CT molecular complexity index is 557. The number of aryl methyl sites for hydroxylation is 1. The summed E-state index contributed by atoms with van der Waals surface area (Å²) in [6, 6.07) is 5.69. The summed E-state index contributed by atoms with van der Waals surface area (Å²) in [4.78, 5) is 14.4. The van der Waals surface area contributed by atoms with Gasteiger partial charge in [0.25, 0.3) is 5.91 Å². The second-order valence-corrected chi connectivity index (χ2v) is 4.97. The molecule has 1 saturated heterocycles. The minimum atomic E-state index is 0.0500. The number of benzene rings is 1. The molecule has 1 aromatic rings. The number of carbonyl (C=O) groups excluding carboxylic acids is 1. The minimum Gasteiger partial charge on any atom is -0.375 e. The van der Waals surface area contributed by atoms with Gasteiger partial charge in [0.05, 0.1) is 19.3 Å². The number of nitrogens with zero attached hydrogens (tertiary/aromatic N) is 1. The molecule has 1 aliphatic rings. The van der Waals surface area contributed by atoms with Crippen LogP contribution < -0.4 is 5.73 Å². The van der Waals surface area contributed by atoms with Gasteiger partial charge in [0.2, 0.25) is 0 Å². The number of morpholine rings is 1. The van der Waals surface area contributed by atoms with E-state index in [2.05, 4.69) is 11.8 Å². The van der Waals surface area contributed by atoms with E-state index in [-0.39, 0.29) is 12.0 Å². The zero-order valence-electron chi connectivity index (χ0n) is 12.0. The second-order valence-electron chi connectivity index (χ2n) is 4.97. The van der Waals surface area contributed by atoms with Crippen LogP contribution in [-0.4, -0.2) is 43.2 Å². The smallest absolute Gasteiger partial charge is 0.254 e. The Kier molecular flexibility index (Phi) is 4.78. The standard InChI is InChI=1S/C16H20N2O2/c1-12-5-6-14(4-3-7-17)10-15(12)16(19)18-8-9-20-13(2)11-18/h5-6,10,13H,7-9,11,17H2,1-2H3. The van der Waals surface area contributed by atoms with Gasteiger partial charge in [0.15, 0.2) is 0 Å². The molecule has 0 aliphatic carbocycles. The molecule has 0 aromatic heterocycles. The predicted molar refractivity (Wildman–Crippen MR) is 78.4 cm³/mol. The maximum atomic E-state index is 12.6. The Morgan fingerprint density at radius 3 is 3.05 bits per heavy atom. The van der Waals surface area contributed by atoms with Gasteiger partial charge >= 0.3 is 0 Å². The van der Waals surface area contributed by atoms with Crippen LogP contribution in [0.3, 0.4) is 0 Å². The number of hydrogen-bond acceptors (Lipinski definition) is 3. The van der Waals surface area contributed by atoms with Crippen LogP contribution in [-0.2, 0) is 4.74 Å². The number of ether oxygens (including phenoxy) is 1. The average Bonchev–Trinajstić information content (AvgIpc) is 2.45. The van der Waals surface area contributed by atoms with Crippen molar-refractivity contribution in [1.29, 1.82) is 0 Å². The van der Waals surface area contributed by atoms with Crippen LogP contribution in [0.25, 0.3) is 0 Å². The maximum absolute atomic E-state index is 12.6. The van der Waals surface area contributed by atoms with Crippen molar-refractivity contribution in [2.24, 2.45) is 5.73 Å². The van der Waals surface area contributed by atoms with E-state index < -0.39 is 0 Å². The zero-order chi connectivity index (χ0) is 14.5. The number of rotatable bonds is 1. The van der Waals surface area contributed by atoms with Crippen LogP contribution >= 0.6 is 0 Å². The van der Waals surface area contributed by atoms with Crippen LogP contribution in [0.5, 0.6) is 0 Å². The lowest BCUT2D eigenvalue weighted by Gasteiger charge is -2.31. The first-order valence-corrected chi connectivity index (χ1v) is 6.82. The summed E-state index contributed by atoms with van der Waals surface area (Å²) >= 11 is 0. The molecule has 0 bridgehead atoms. The Morgan fingerprint density at radius 2 is 2.35 bits per heavy atom. The second kappa shape index (κ2) is 6.56. The van der Waals surface area contributed by atoms with E-state index >= 15 is 0 Å². The maximum Gasteiger partial charge on any atom is 0.254 e. The van der Waals surface area contributed by atoms with Crippen molar-refractivity contribution in [2.45, 2.75) is 20.0 Å². The Hall–Kier alpha value is -1.83. The van der Waals surface area contributed by atoms with Gasteiger partial charge in [-0.3, -0.25) is 4.79 Å². The molecular weight excluding hydrogens is 252 g/mol. The molecule has 2 N–H and O–H groups in total. The first kappa shape index (κ1) is 14.6. The molecule has 4 nitrogen and oxygen atoms in total. The first-order valence-electron chi connectivity index (χ1n) is 6.82. The van der Waals surface area contributed by atoms with Gasteiger partial charge in [-0.25, -0.2) is 0 Å². The number of nitrogens with two attached hydrogens (primary N) is 1. The van der Waals surface area contributed by atoms with Crippen LogP contribution in [0.1, 0.15) is 28.4 Å². The van der Waals surface area contributed by atoms with Crippen LogP contribution in [0.4, 0.5) is 0 Å². The molecule has 1 unspecified atom stereocenters. The van der Waals surface area contributed by atoms with Crippen molar-refractivity contribution in [1.82, 2.24) is 4.90 Å². The molecule has 0 saturated carbocycles. The van der Waals surface area contributed by atoms with Gasteiger partial charge in [-0.2, -0.15) is 0 Å². The molecule has 20 heavy (non-hydrogen) atoms. The molecule has 1 atom stereocenters. The highest BCUT2D eigenvalue weighted by Gasteiger charge is 2.23. The fourth-order valence-electron chi connectivity index (χ4n) is 2.26. The van der Waals surface area contributed by atoms with Crippen molar-refractivity contribution in [3.05, 3.63) is 34.9 Å². The Balaban J connectivity index is 2.24. The third-order valence-corrected chi connectivity index (χ3v) is 3.33. The van der Waals surface area contributed by atoms with Crippen molar-refractivity contribution in [2.75, 3.05) is 26.2 Å². The van der Waals surface area contributed by atoms with Crippen molar-refractivity contribution in [3.63, 3.8) is 0 Å². The average molecular weight is 272 g/mol. The summed E-state index contributed by atoms with van der Waals surface area (Å²) < 4.78 is 5.47. The Labute approximate surface area is 119 Å². The first-order chi connectivity index (χ1) is 9.61. The largest absolute Gasteiger partial charge is 0.375 e. The third-order valence-electron chi connectivity index (χ3n) is 3.33. The molecule has 1 aromatic carbocycles. The number of hydrogen-bond donors (Lipinski definition) is 1. The molecule has 2 rings (SSSR count). The van der Waals surface area contributed by atoms with Gasteiger partial charge in [-0.1, -0.05) is 17.9 Å². The highest BCUT2D eigenvalue weighted by molar-refractivity contribution is 5.96. The summed E-state index contributed by atoms with van der Waals surface area (Å²) in [5.41, 5.74) is 7.87. The third kappa shape index (κ3) is 3.38. The number of carbonyl (C=O) groups is 1. The summed E-state index contributed by atoms with van der Waals surface area (Å²) in [6.45, 7) is 6.11. The highest BCUT2D eigenvalue weighted by atomic mass is 16.5. The summed E-state index contributed by atoms with van der Waals surface area (Å²) in [5.74, 6) is 5.83. The minimum absolute atomic E-state index is 0.0500. The summed E-state index contributed by atoms with van der Waals surface area (Å²) in [5, 5.41) is 0. The lowest BCUT2D eigenvalue weighted by molar-refractivity contribution is -0.0124. The molecule has 1 amide bonds. The molecule has 4 heteroatoms. The molecule has 1 heterocycles. The molecule has 106 valence electrons. The fraction of sp³-hybridized carbons (Fsp3) is 0.438. The van der Waals surface area contributed by atoms with Crippen molar-refractivity contribution < 1.29 is 9.53 Å². The van der Waals surface area contributed by atoms with Crippen molar-refractivity contribution >= 4 is 5.91 Å². The monoisotopic (exact) mass is 272 g/mol. The normalized spacial score (nSPS) is 18.4. The summed E-state index contributed by atoms with van der Waals surface area (Å²) in [6.07, 6.45) is 0.0909. The highest BCUT2D eigenvalue weighted by Crippen LogP contribution is 2.15. The van der Waals surface area contributed by atoms with E-state index in [0.717, 1.165) is 11.1 Å². The zero-order valence-corrected chi connectivity index (χ0v) is 12.0. The van der Waals surface area contributed by atoms with E-state index in [0.29, 0.717) is 31.8 Å². The van der Waals surface area contributed by atoms with Gasteiger partial charge in [-0.15, -0.1) is 0 Å². The summed E-state index contributed by atoms with van der Waals surface area (Å²) in [7, 11) is 0. The lowest BCUT2D eigenvalue weighted by atomic mass is 10.0. The lowest BCUT2D eigenvalue weighted by Crippen LogP contribution is -2.44.